The van der Waals surface area contributed by atoms with Crippen molar-refractivity contribution in [3.8, 4) is 0 Å². The average Bonchev–Trinajstić information content (AvgIpc) is 2.83. The Hall–Kier alpha value is -0.630. The minimum Gasteiger partial charge on any atom is -0.393 e. The van der Waals surface area contributed by atoms with E-state index in [1.807, 2.05) is 6.92 Å². The van der Waals surface area contributed by atoms with Crippen molar-refractivity contribution < 1.29 is 16.8 Å². The Morgan fingerprint density at radius 2 is 2.05 bits per heavy atom. The molecule has 0 aromatic heterocycles. The Morgan fingerprint density at radius 1 is 1.27 bits per heavy atom. The van der Waals surface area contributed by atoms with Crippen molar-refractivity contribution in [3.63, 3.8) is 0 Å². The molecule has 0 aromatic rings. The maximum atomic E-state index is 12.4. The van der Waals surface area contributed by atoms with Crippen molar-refractivity contribution in [1.82, 2.24) is 0 Å². The zero-order valence-corrected chi connectivity index (χ0v) is 13.7. The molecule has 8 atom stereocenters. The minimum absolute atomic E-state index is 0.0206. The van der Waals surface area contributed by atoms with Gasteiger partial charge < -0.3 is 5.11 Å². The fourth-order valence-electron chi connectivity index (χ4n) is 6.36. The zero-order chi connectivity index (χ0) is 20.1. The molecule has 4 rings (SSSR count). The average molecular weight is 307 g/mol. The topological polar surface area (TPSA) is 37.3 Å². The lowest BCUT2D eigenvalue weighted by molar-refractivity contribution is -0.118. The first-order valence-electron chi connectivity index (χ1n) is 11.3. The Bertz CT molecular complexity index is 717. The van der Waals surface area contributed by atoms with Crippen LogP contribution in [-0.4, -0.2) is 17.0 Å². The Balaban J connectivity index is 1.88. The second-order valence-electron chi connectivity index (χ2n) is 8.33. The highest BCUT2D eigenvalue weighted by Gasteiger charge is 2.59. The number of hydrogen-bond donors (Lipinski definition) is 1. The predicted octanol–water partition coefficient (Wildman–Crippen LogP) is 3.98. The van der Waals surface area contributed by atoms with Crippen molar-refractivity contribution in [3.05, 3.63) is 11.6 Å². The van der Waals surface area contributed by atoms with Gasteiger partial charge in [0, 0.05) is 11.9 Å². The molecule has 0 radical (unpaired) electrons. The zero-order valence-electron chi connectivity index (χ0n) is 18.7. The summed E-state index contributed by atoms with van der Waals surface area (Å²) in [6, 6.07) is -0.432. The number of carbonyl (C=O) groups excluding carboxylic acids is 1. The molecular weight excluding hydrogens is 272 g/mol. The van der Waals surface area contributed by atoms with E-state index in [2.05, 4.69) is 13.8 Å². The van der Waals surface area contributed by atoms with Crippen LogP contribution in [0.2, 0.25) is 0 Å². The normalized spacial score (nSPS) is 62.6. The van der Waals surface area contributed by atoms with Crippen molar-refractivity contribution in [2.24, 2.45) is 40.9 Å². The van der Waals surface area contributed by atoms with E-state index in [9.17, 15) is 9.90 Å². The molecule has 0 spiro atoms. The lowest BCUT2D eigenvalue weighted by Crippen LogP contribution is -2.53. The van der Waals surface area contributed by atoms with E-state index >= 15 is 0 Å². The van der Waals surface area contributed by atoms with Crippen molar-refractivity contribution in [1.29, 1.82) is 0 Å². The molecule has 0 bridgehead atoms. The number of rotatable bonds is 0. The number of carbonyl (C=O) groups is 1. The third-order valence-electron chi connectivity index (χ3n) is 7.21. The summed E-state index contributed by atoms with van der Waals surface area (Å²) in [5.74, 6) is -1.13. The number of ketones is 1. The van der Waals surface area contributed by atoms with Crippen molar-refractivity contribution >= 4 is 5.78 Å². The van der Waals surface area contributed by atoms with Crippen LogP contribution in [0, 0.1) is 40.9 Å². The van der Waals surface area contributed by atoms with Gasteiger partial charge in [-0.05, 0) is 79.0 Å². The van der Waals surface area contributed by atoms with Crippen LogP contribution in [0.5, 0.6) is 0 Å². The first-order chi connectivity index (χ1) is 12.3. The van der Waals surface area contributed by atoms with Gasteiger partial charge in [0.05, 0.1) is 7.47 Å². The summed E-state index contributed by atoms with van der Waals surface area (Å²) in [7, 11) is 0. The molecule has 4 aliphatic carbocycles. The molecule has 0 amide bonds. The van der Waals surface area contributed by atoms with Gasteiger partial charge in [-0.2, -0.15) is 0 Å². The van der Waals surface area contributed by atoms with E-state index in [1.54, 1.807) is 0 Å². The summed E-state index contributed by atoms with van der Waals surface area (Å²) >= 11 is 0. The molecule has 2 nitrogen and oxygen atoms in total. The fourth-order valence-corrected chi connectivity index (χ4v) is 6.36. The largest absolute Gasteiger partial charge is 0.393 e. The molecule has 0 aliphatic heterocycles. The standard InChI is InChI=1S/C20H30O2/c1-11-8-13-9-14(21)4-5-15(13)18-12(2)10-20(3)16(19(11)18)6-7-17(20)22/h9,11-12,15-19,22H,4-8,10H2,1-3H3/i4D2,8D2,9D. The first-order valence-corrected chi connectivity index (χ1v) is 8.78. The van der Waals surface area contributed by atoms with Crippen LogP contribution in [0.3, 0.4) is 0 Å². The van der Waals surface area contributed by atoms with Crippen LogP contribution in [0.1, 0.15) is 66.1 Å². The lowest BCUT2D eigenvalue weighted by atomic mass is 9.47. The van der Waals surface area contributed by atoms with Crippen molar-refractivity contribution in [2.75, 3.05) is 0 Å². The summed E-state index contributed by atoms with van der Waals surface area (Å²) < 4.78 is 42.2. The highest BCUT2D eigenvalue weighted by Crippen LogP contribution is 2.64. The number of hydrogen-bond acceptors (Lipinski definition) is 2. The van der Waals surface area contributed by atoms with E-state index in [1.165, 1.54) is 0 Å². The molecule has 0 aromatic carbocycles. The van der Waals surface area contributed by atoms with Crippen LogP contribution in [0.25, 0.3) is 0 Å². The molecule has 3 saturated carbocycles. The molecular formula is C20H30O2. The maximum absolute atomic E-state index is 12.4. The van der Waals surface area contributed by atoms with Gasteiger partial charge in [-0.25, -0.2) is 0 Å². The highest BCUT2D eigenvalue weighted by molar-refractivity contribution is 5.91. The smallest absolute Gasteiger partial charge is 0.155 e. The molecule has 122 valence electrons. The van der Waals surface area contributed by atoms with E-state index in [0.717, 1.165) is 19.3 Å². The number of fused-ring (bicyclic) bond motifs is 5. The molecule has 2 heteroatoms. The van der Waals surface area contributed by atoms with E-state index < -0.39 is 30.5 Å². The fraction of sp³-hybridized carbons (Fsp3) is 0.850. The minimum atomic E-state index is -2.10. The van der Waals surface area contributed by atoms with Gasteiger partial charge in [0.25, 0.3) is 0 Å². The van der Waals surface area contributed by atoms with Crippen LogP contribution < -0.4 is 0 Å². The summed E-state index contributed by atoms with van der Waals surface area (Å²) in [5, 5.41) is 10.7. The first kappa shape index (κ1) is 10.3. The van der Waals surface area contributed by atoms with Gasteiger partial charge in [0.1, 0.15) is 0 Å². The van der Waals surface area contributed by atoms with Gasteiger partial charge in [-0.3, -0.25) is 4.79 Å². The Kier molecular flexibility index (Phi) is 2.30. The molecule has 0 saturated heterocycles. The van der Waals surface area contributed by atoms with Crippen LogP contribution in [0.15, 0.2) is 11.6 Å². The van der Waals surface area contributed by atoms with Gasteiger partial charge in [0.15, 0.2) is 5.78 Å². The van der Waals surface area contributed by atoms with Crippen LogP contribution >= 0.6 is 0 Å². The third kappa shape index (κ3) is 1.92. The number of allylic oxidation sites excluding steroid dienone is 1. The van der Waals surface area contributed by atoms with Gasteiger partial charge in [-0.15, -0.1) is 0 Å². The molecule has 4 aliphatic rings. The second-order valence-corrected chi connectivity index (χ2v) is 8.33. The molecule has 1 N–H and O–H groups in total. The predicted molar refractivity (Wildman–Crippen MR) is 87.2 cm³/mol. The Labute approximate surface area is 141 Å². The van der Waals surface area contributed by atoms with E-state index in [4.69, 9.17) is 6.85 Å². The molecule has 8 unspecified atom stereocenters. The van der Waals surface area contributed by atoms with Gasteiger partial charge in [0.2, 0.25) is 0 Å². The molecule has 3 fully saturated rings. The third-order valence-corrected chi connectivity index (χ3v) is 7.21. The van der Waals surface area contributed by atoms with Crippen LogP contribution in [0.4, 0.5) is 0 Å². The number of aliphatic hydroxyl groups excluding tert-OH is 1. The summed E-state index contributed by atoms with van der Waals surface area (Å²) in [5.41, 5.74) is 0.0183. The quantitative estimate of drug-likeness (QED) is 0.735. The maximum Gasteiger partial charge on any atom is 0.155 e. The molecule has 22 heavy (non-hydrogen) atoms. The Morgan fingerprint density at radius 3 is 2.82 bits per heavy atom. The number of aliphatic hydroxyl groups is 1. The highest BCUT2D eigenvalue weighted by atomic mass is 16.3. The molecule has 0 heterocycles. The monoisotopic (exact) mass is 307 g/mol. The second kappa shape index (κ2) is 4.93. The van der Waals surface area contributed by atoms with Crippen LogP contribution in [-0.2, 0) is 4.79 Å². The van der Waals surface area contributed by atoms with Crippen molar-refractivity contribution in [2.45, 2.75) is 65.3 Å². The van der Waals surface area contributed by atoms with Gasteiger partial charge in [-0.1, -0.05) is 26.3 Å². The summed E-state index contributed by atoms with van der Waals surface area (Å²) in [4.78, 5) is 12.4. The summed E-state index contributed by atoms with van der Waals surface area (Å²) in [6.45, 7) is 6.16. The SMILES string of the molecule is [2H]C1=C2C(CC([2H])([2H])C1=O)C1C(C)CC3(C)C(O)CCC3C1C(C)C2([2H])[2H]. The van der Waals surface area contributed by atoms with E-state index in [-0.39, 0.29) is 53.1 Å². The van der Waals surface area contributed by atoms with Gasteiger partial charge >= 0.3 is 0 Å². The lowest BCUT2D eigenvalue weighted by Gasteiger charge is -2.58. The summed E-state index contributed by atoms with van der Waals surface area (Å²) in [6.07, 6.45) is -1.83. The van der Waals surface area contributed by atoms with E-state index in [0.29, 0.717) is 0 Å².